The molecule has 6 heteroatoms. The average Bonchev–Trinajstić information content (AvgIpc) is 2.39. The van der Waals surface area contributed by atoms with Crippen molar-refractivity contribution >= 4 is 31.9 Å². The largest absolute Gasteiger partial charge is 0.390 e. The van der Waals surface area contributed by atoms with E-state index in [1.54, 1.807) is 24.3 Å². The fourth-order valence-electron chi connectivity index (χ4n) is 1.06. The van der Waals surface area contributed by atoms with Crippen LogP contribution in [0.25, 0.3) is 0 Å². The number of pyridine rings is 2. The number of nitrogens with zero attached hydrogens (tertiary/aromatic N) is 2. The molecule has 0 bridgehead atoms. The summed E-state index contributed by atoms with van der Waals surface area (Å²) in [7, 11) is 0. The molecule has 2 heterocycles. The van der Waals surface area contributed by atoms with E-state index in [2.05, 4.69) is 41.8 Å². The van der Waals surface area contributed by atoms with E-state index in [1.165, 1.54) is 0 Å². The lowest BCUT2D eigenvalue weighted by atomic mass is 10.4. The van der Waals surface area contributed by atoms with Gasteiger partial charge in [0.25, 0.3) is 0 Å². The topological polar surface area (TPSA) is 46.0 Å². The van der Waals surface area contributed by atoms with Crippen molar-refractivity contribution in [3.63, 3.8) is 0 Å². The number of hydrogen-bond donors (Lipinski definition) is 1. The number of aliphatic hydroxyl groups excluding tert-OH is 1. The molecule has 0 aliphatic rings. The van der Waals surface area contributed by atoms with Crippen molar-refractivity contribution in [3.8, 4) is 0 Å². The number of alkyl halides is 1. The van der Waals surface area contributed by atoms with Gasteiger partial charge in [0.05, 0.1) is 18.0 Å². The standard InChI is InChI=1S/C6H5BrFN.C6H6BrNO/c7-6-3-1-2-5(4-8)9-6;7-6-3-1-2-5(4-9)8-6/h1-3H,4H2;1-3,9H,4H2. The van der Waals surface area contributed by atoms with Crippen molar-refractivity contribution in [3.05, 3.63) is 57.0 Å². The van der Waals surface area contributed by atoms with Crippen LogP contribution in [0.5, 0.6) is 0 Å². The summed E-state index contributed by atoms with van der Waals surface area (Å²) in [5.41, 5.74) is 1.15. The molecule has 2 aromatic rings. The van der Waals surface area contributed by atoms with E-state index in [0.29, 0.717) is 16.0 Å². The van der Waals surface area contributed by atoms with E-state index < -0.39 is 6.67 Å². The molecule has 0 unspecified atom stereocenters. The number of aliphatic hydroxyl groups is 1. The molecule has 2 rings (SSSR count). The van der Waals surface area contributed by atoms with E-state index in [0.717, 1.165) is 4.60 Å². The summed E-state index contributed by atoms with van der Waals surface area (Å²) >= 11 is 6.31. The Labute approximate surface area is 121 Å². The Morgan fingerprint density at radius 1 is 0.944 bits per heavy atom. The molecule has 0 aliphatic heterocycles. The predicted octanol–water partition coefficient (Wildman–Crippen LogP) is 3.65. The van der Waals surface area contributed by atoms with Gasteiger partial charge in [-0.2, -0.15) is 0 Å². The average molecular weight is 378 g/mol. The second-order valence-electron chi connectivity index (χ2n) is 3.20. The van der Waals surface area contributed by atoms with Gasteiger partial charge in [0, 0.05) is 0 Å². The first-order chi connectivity index (χ1) is 8.65. The lowest BCUT2D eigenvalue weighted by Crippen LogP contribution is -1.86. The van der Waals surface area contributed by atoms with Crippen molar-refractivity contribution in [2.45, 2.75) is 13.3 Å². The summed E-state index contributed by atoms with van der Waals surface area (Å²) < 4.78 is 13.3. The molecule has 0 atom stereocenters. The third-order valence-corrected chi connectivity index (χ3v) is 2.73. The minimum Gasteiger partial charge on any atom is -0.390 e. The summed E-state index contributed by atoms with van der Waals surface area (Å²) in [5.74, 6) is 0. The molecule has 0 saturated heterocycles. The Kier molecular flexibility index (Phi) is 7.00. The van der Waals surface area contributed by atoms with E-state index in [4.69, 9.17) is 5.11 Å². The summed E-state index contributed by atoms with van der Waals surface area (Å²) in [6, 6.07) is 10.6. The smallest absolute Gasteiger partial charge is 0.131 e. The van der Waals surface area contributed by atoms with Crippen LogP contribution in [0.15, 0.2) is 45.6 Å². The van der Waals surface area contributed by atoms with Crippen molar-refractivity contribution in [1.29, 1.82) is 0 Å². The lowest BCUT2D eigenvalue weighted by molar-refractivity contribution is 0.276. The second-order valence-corrected chi connectivity index (χ2v) is 4.82. The molecule has 0 amide bonds. The Morgan fingerprint density at radius 2 is 1.44 bits per heavy atom. The normalized spacial score (nSPS) is 9.56. The summed E-state index contributed by atoms with van der Waals surface area (Å²) in [5, 5.41) is 8.58. The van der Waals surface area contributed by atoms with Crippen LogP contribution >= 0.6 is 31.9 Å². The summed E-state index contributed by atoms with van der Waals surface area (Å²) in [6.07, 6.45) is 0. The van der Waals surface area contributed by atoms with Crippen LogP contribution in [-0.2, 0) is 13.3 Å². The van der Waals surface area contributed by atoms with Crippen LogP contribution in [0, 0.1) is 0 Å². The number of aromatic nitrogens is 2. The molecular formula is C12H11Br2FN2O. The van der Waals surface area contributed by atoms with Crippen LogP contribution in [0.4, 0.5) is 4.39 Å². The van der Waals surface area contributed by atoms with Gasteiger partial charge in [-0.25, -0.2) is 14.4 Å². The highest BCUT2D eigenvalue weighted by Gasteiger charge is 1.91. The quantitative estimate of drug-likeness (QED) is 0.812. The highest BCUT2D eigenvalue weighted by molar-refractivity contribution is 9.10. The highest BCUT2D eigenvalue weighted by Crippen LogP contribution is 2.06. The minimum absolute atomic E-state index is 0.000556. The molecular weight excluding hydrogens is 367 g/mol. The molecule has 0 spiro atoms. The van der Waals surface area contributed by atoms with Gasteiger partial charge in [-0.1, -0.05) is 12.1 Å². The summed E-state index contributed by atoms with van der Waals surface area (Å²) in [4.78, 5) is 7.79. The Bertz CT molecular complexity index is 452. The monoisotopic (exact) mass is 376 g/mol. The molecule has 2 aromatic heterocycles. The van der Waals surface area contributed by atoms with Gasteiger partial charge in [-0.05, 0) is 56.1 Å². The number of rotatable bonds is 2. The Balaban J connectivity index is 0.000000180. The van der Waals surface area contributed by atoms with Crippen LogP contribution in [-0.4, -0.2) is 15.1 Å². The Morgan fingerprint density at radius 3 is 1.78 bits per heavy atom. The predicted molar refractivity (Wildman–Crippen MR) is 74.6 cm³/mol. The van der Waals surface area contributed by atoms with Gasteiger partial charge in [0.1, 0.15) is 15.9 Å². The number of hydrogen-bond acceptors (Lipinski definition) is 3. The fraction of sp³-hybridized carbons (Fsp3) is 0.167. The molecule has 1 N–H and O–H groups in total. The molecule has 18 heavy (non-hydrogen) atoms. The van der Waals surface area contributed by atoms with Crippen LogP contribution < -0.4 is 0 Å². The third kappa shape index (κ3) is 5.66. The van der Waals surface area contributed by atoms with Gasteiger partial charge in [0.15, 0.2) is 0 Å². The van der Waals surface area contributed by atoms with E-state index in [9.17, 15) is 4.39 Å². The second kappa shape index (κ2) is 8.29. The molecule has 0 saturated carbocycles. The van der Waals surface area contributed by atoms with Crippen molar-refractivity contribution in [2.24, 2.45) is 0 Å². The van der Waals surface area contributed by atoms with E-state index in [1.807, 2.05) is 12.1 Å². The van der Waals surface area contributed by atoms with Crippen molar-refractivity contribution < 1.29 is 9.50 Å². The molecule has 0 aromatic carbocycles. The van der Waals surface area contributed by atoms with Crippen LogP contribution in [0.1, 0.15) is 11.4 Å². The van der Waals surface area contributed by atoms with Gasteiger partial charge >= 0.3 is 0 Å². The van der Waals surface area contributed by atoms with E-state index >= 15 is 0 Å². The molecule has 0 radical (unpaired) electrons. The Hall–Kier alpha value is -0.850. The zero-order valence-electron chi connectivity index (χ0n) is 9.35. The van der Waals surface area contributed by atoms with Gasteiger partial charge in [-0.15, -0.1) is 0 Å². The number of halogens is 3. The first kappa shape index (κ1) is 15.2. The van der Waals surface area contributed by atoms with Gasteiger partial charge in [0.2, 0.25) is 0 Å². The zero-order chi connectivity index (χ0) is 13.4. The van der Waals surface area contributed by atoms with E-state index in [-0.39, 0.29) is 6.61 Å². The van der Waals surface area contributed by atoms with Gasteiger partial charge in [-0.3, -0.25) is 0 Å². The molecule has 96 valence electrons. The molecule has 0 aliphatic carbocycles. The zero-order valence-corrected chi connectivity index (χ0v) is 12.5. The third-order valence-electron chi connectivity index (χ3n) is 1.84. The maximum Gasteiger partial charge on any atom is 0.131 e. The molecule has 0 fully saturated rings. The maximum atomic E-state index is 11.8. The first-order valence-electron chi connectivity index (χ1n) is 5.05. The highest BCUT2D eigenvalue weighted by atomic mass is 79.9. The van der Waals surface area contributed by atoms with Gasteiger partial charge < -0.3 is 5.11 Å². The van der Waals surface area contributed by atoms with Crippen LogP contribution in [0.2, 0.25) is 0 Å². The molecule has 3 nitrogen and oxygen atoms in total. The lowest BCUT2D eigenvalue weighted by Gasteiger charge is -1.92. The SMILES string of the molecule is FCc1cccc(Br)n1.OCc1cccc(Br)n1. The van der Waals surface area contributed by atoms with Crippen LogP contribution in [0.3, 0.4) is 0 Å². The fourth-order valence-corrected chi connectivity index (χ4v) is 1.82. The maximum absolute atomic E-state index is 11.8. The minimum atomic E-state index is -0.501. The van der Waals surface area contributed by atoms with Crippen molar-refractivity contribution in [1.82, 2.24) is 9.97 Å². The first-order valence-corrected chi connectivity index (χ1v) is 6.64. The summed E-state index contributed by atoms with van der Waals surface area (Å²) in [6.45, 7) is -0.501. The van der Waals surface area contributed by atoms with Crippen molar-refractivity contribution in [2.75, 3.05) is 0 Å².